The van der Waals surface area contributed by atoms with E-state index in [4.69, 9.17) is 0 Å². The largest absolute Gasteiger partial charge is 0.353 e. The quantitative estimate of drug-likeness (QED) is 0.820. The standard InChI is InChI=1S/C18H25BrN4O/c1-22(16-5-3-2-4-6-16)10-9-20-18(24)13-23-17-11-15(19)8-7-14(17)12-21-23/h7-8,11-12,16H,2-6,9-10,13H2,1H3,(H,20,24). The highest BCUT2D eigenvalue weighted by atomic mass is 79.9. The molecule has 0 atom stereocenters. The summed E-state index contributed by atoms with van der Waals surface area (Å²) in [6, 6.07) is 6.66. The molecule has 3 rings (SSSR count). The molecule has 130 valence electrons. The number of likely N-dealkylation sites (N-methyl/N-ethyl adjacent to an activating group) is 1. The Bertz CT molecular complexity index is 693. The van der Waals surface area contributed by atoms with Crippen molar-refractivity contribution in [2.45, 2.75) is 44.7 Å². The Morgan fingerprint density at radius 1 is 1.38 bits per heavy atom. The fraction of sp³-hybridized carbons (Fsp3) is 0.556. The molecule has 0 saturated heterocycles. The lowest BCUT2D eigenvalue weighted by molar-refractivity contribution is -0.121. The molecule has 5 nitrogen and oxygen atoms in total. The smallest absolute Gasteiger partial charge is 0.241 e. The highest BCUT2D eigenvalue weighted by Gasteiger charge is 2.17. The van der Waals surface area contributed by atoms with Crippen molar-refractivity contribution in [2.75, 3.05) is 20.1 Å². The van der Waals surface area contributed by atoms with E-state index in [1.807, 2.05) is 18.2 Å². The Morgan fingerprint density at radius 3 is 2.96 bits per heavy atom. The third-order valence-electron chi connectivity index (χ3n) is 4.88. The van der Waals surface area contributed by atoms with E-state index in [1.54, 1.807) is 10.9 Å². The minimum atomic E-state index is 0.0111. The Labute approximate surface area is 151 Å². The number of amides is 1. The first-order valence-electron chi connectivity index (χ1n) is 8.71. The van der Waals surface area contributed by atoms with E-state index in [2.05, 4.69) is 38.3 Å². The van der Waals surface area contributed by atoms with Gasteiger partial charge in [0.15, 0.2) is 0 Å². The molecular weight excluding hydrogens is 368 g/mol. The molecule has 0 spiro atoms. The highest BCUT2D eigenvalue weighted by Crippen LogP contribution is 2.21. The van der Waals surface area contributed by atoms with Gasteiger partial charge < -0.3 is 10.2 Å². The predicted molar refractivity (Wildman–Crippen MR) is 99.9 cm³/mol. The molecule has 0 aliphatic heterocycles. The van der Waals surface area contributed by atoms with Crippen LogP contribution in [0.4, 0.5) is 0 Å². The van der Waals surface area contributed by atoms with E-state index in [0.29, 0.717) is 12.6 Å². The number of hydrogen-bond acceptors (Lipinski definition) is 3. The molecule has 1 aromatic carbocycles. The summed E-state index contributed by atoms with van der Waals surface area (Å²) in [7, 11) is 2.17. The number of fused-ring (bicyclic) bond motifs is 1. The first kappa shape index (κ1) is 17.4. The summed E-state index contributed by atoms with van der Waals surface area (Å²) in [5, 5.41) is 8.38. The molecule has 1 amide bonds. The average molecular weight is 393 g/mol. The molecule has 1 aliphatic rings. The van der Waals surface area contributed by atoms with Gasteiger partial charge in [-0.05, 0) is 32.0 Å². The third-order valence-corrected chi connectivity index (χ3v) is 5.38. The summed E-state index contributed by atoms with van der Waals surface area (Å²) in [6.45, 7) is 1.85. The normalized spacial score (nSPS) is 16.0. The van der Waals surface area contributed by atoms with Gasteiger partial charge in [-0.3, -0.25) is 9.48 Å². The molecule has 0 unspecified atom stereocenters. The summed E-state index contributed by atoms with van der Waals surface area (Å²) in [5.41, 5.74) is 0.971. The van der Waals surface area contributed by atoms with Crippen molar-refractivity contribution < 1.29 is 4.79 Å². The minimum Gasteiger partial charge on any atom is -0.353 e. The van der Waals surface area contributed by atoms with Crippen LogP contribution in [-0.4, -0.2) is 46.8 Å². The number of benzene rings is 1. The second kappa shape index (κ2) is 8.12. The van der Waals surface area contributed by atoms with Crippen molar-refractivity contribution in [3.8, 4) is 0 Å². The fourth-order valence-electron chi connectivity index (χ4n) is 3.44. The zero-order valence-corrected chi connectivity index (χ0v) is 15.8. The number of nitrogens with one attached hydrogen (secondary N) is 1. The zero-order chi connectivity index (χ0) is 16.9. The number of aromatic nitrogens is 2. The van der Waals surface area contributed by atoms with Crippen LogP contribution in [0.1, 0.15) is 32.1 Å². The molecule has 1 N–H and O–H groups in total. The Balaban J connectivity index is 1.47. The number of halogens is 1. The van der Waals surface area contributed by atoms with Gasteiger partial charge in [0, 0.05) is 29.0 Å². The number of carbonyl (C=O) groups excluding carboxylic acids is 1. The van der Waals surface area contributed by atoms with Crippen LogP contribution in [0.5, 0.6) is 0 Å². The third kappa shape index (κ3) is 4.36. The number of rotatable bonds is 6. The van der Waals surface area contributed by atoms with Gasteiger partial charge in [0.25, 0.3) is 0 Å². The molecule has 1 fully saturated rings. The van der Waals surface area contributed by atoms with Crippen LogP contribution < -0.4 is 5.32 Å². The topological polar surface area (TPSA) is 50.2 Å². The highest BCUT2D eigenvalue weighted by molar-refractivity contribution is 9.10. The van der Waals surface area contributed by atoms with Crippen LogP contribution in [0.25, 0.3) is 10.9 Å². The first-order valence-corrected chi connectivity index (χ1v) is 9.51. The monoisotopic (exact) mass is 392 g/mol. The lowest BCUT2D eigenvalue weighted by atomic mass is 9.94. The molecule has 6 heteroatoms. The van der Waals surface area contributed by atoms with E-state index < -0.39 is 0 Å². The van der Waals surface area contributed by atoms with Crippen LogP contribution in [0, 0.1) is 0 Å². The maximum atomic E-state index is 12.2. The van der Waals surface area contributed by atoms with Gasteiger partial charge in [0.05, 0.1) is 11.7 Å². The molecule has 24 heavy (non-hydrogen) atoms. The maximum Gasteiger partial charge on any atom is 0.241 e. The number of carbonyl (C=O) groups is 1. The Morgan fingerprint density at radius 2 is 2.17 bits per heavy atom. The summed E-state index contributed by atoms with van der Waals surface area (Å²) in [6.07, 6.45) is 8.42. The van der Waals surface area contributed by atoms with E-state index in [9.17, 15) is 4.79 Å². The van der Waals surface area contributed by atoms with Gasteiger partial charge in [-0.15, -0.1) is 0 Å². The van der Waals surface area contributed by atoms with Crippen molar-refractivity contribution in [1.29, 1.82) is 0 Å². The van der Waals surface area contributed by atoms with E-state index in [0.717, 1.165) is 21.9 Å². The molecule has 2 aromatic rings. The summed E-state index contributed by atoms with van der Waals surface area (Å²) in [5.74, 6) is 0.0111. The number of hydrogen-bond donors (Lipinski definition) is 1. The second-order valence-corrected chi connectivity index (χ2v) is 7.54. The SMILES string of the molecule is CN(CCNC(=O)Cn1ncc2ccc(Br)cc21)C1CCCCC1. The molecule has 0 radical (unpaired) electrons. The number of nitrogens with zero attached hydrogens (tertiary/aromatic N) is 3. The molecule has 1 saturated carbocycles. The summed E-state index contributed by atoms with van der Waals surface area (Å²) < 4.78 is 2.74. The van der Waals surface area contributed by atoms with Crippen LogP contribution in [0.3, 0.4) is 0 Å². The van der Waals surface area contributed by atoms with Crippen molar-refractivity contribution in [1.82, 2.24) is 20.0 Å². The zero-order valence-electron chi connectivity index (χ0n) is 14.2. The molecule has 1 aromatic heterocycles. The molecule has 0 bridgehead atoms. The summed E-state index contributed by atoms with van der Waals surface area (Å²) in [4.78, 5) is 14.6. The van der Waals surface area contributed by atoms with Gasteiger partial charge in [0.2, 0.25) is 5.91 Å². The molecule has 1 aliphatic carbocycles. The predicted octanol–water partition coefficient (Wildman–Crippen LogP) is 3.18. The van der Waals surface area contributed by atoms with Gasteiger partial charge in [0.1, 0.15) is 6.54 Å². The van der Waals surface area contributed by atoms with Crippen LogP contribution in [-0.2, 0) is 11.3 Å². The van der Waals surface area contributed by atoms with Gasteiger partial charge in [-0.25, -0.2) is 0 Å². The Kier molecular flexibility index (Phi) is 5.89. The minimum absolute atomic E-state index is 0.0111. The van der Waals surface area contributed by atoms with E-state index in [1.165, 1.54) is 32.1 Å². The van der Waals surface area contributed by atoms with Crippen LogP contribution in [0.15, 0.2) is 28.9 Å². The van der Waals surface area contributed by atoms with E-state index >= 15 is 0 Å². The lowest BCUT2D eigenvalue weighted by Crippen LogP contribution is -2.40. The van der Waals surface area contributed by atoms with Crippen molar-refractivity contribution in [3.63, 3.8) is 0 Å². The summed E-state index contributed by atoms with van der Waals surface area (Å²) >= 11 is 3.47. The lowest BCUT2D eigenvalue weighted by Gasteiger charge is -2.31. The Hall–Kier alpha value is -1.40. The maximum absolute atomic E-state index is 12.2. The van der Waals surface area contributed by atoms with Gasteiger partial charge in [-0.1, -0.05) is 41.3 Å². The van der Waals surface area contributed by atoms with Gasteiger partial charge in [-0.2, -0.15) is 5.10 Å². The van der Waals surface area contributed by atoms with Crippen molar-refractivity contribution >= 4 is 32.7 Å². The van der Waals surface area contributed by atoms with Crippen LogP contribution >= 0.6 is 15.9 Å². The van der Waals surface area contributed by atoms with Crippen LogP contribution in [0.2, 0.25) is 0 Å². The first-order chi connectivity index (χ1) is 11.6. The average Bonchev–Trinajstić information content (AvgIpc) is 2.97. The van der Waals surface area contributed by atoms with E-state index in [-0.39, 0.29) is 12.5 Å². The van der Waals surface area contributed by atoms with Gasteiger partial charge >= 0.3 is 0 Å². The van der Waals surface area contributed by atoms with Crippen molar-refractivity contribution in [3.05, 3.63) is 28.9 Å². The van der Waals surface area contributed by atoms with Crippen molar-refractivity contribution in [2.24, 2.45) is 0 Å². The second-order valence-electron chi connectivity index (χ2n) is 6.63. The molecule has 1 heterocycles. The fourth-order valence-corrected chi connectivity index (χ4v) is 3.79. The molecular formula is C18H25BrN4O.